The van der Waals surface area contributed by atoms with Crippen molar-refractivity contribution in [2.45, 2.75) is 25.7 Å². The standard InChI is InChI=1S/C15H20/c1-2-3-4-5-6-7-8-9-12-15-13-10-11-14-15/h2-9,12,15H,1,10-11,13-14H2/b4-3-,6-5-,8-7-,12-9-. The second-order valence-electron chi connectivity index (χ2n) is 3.82. The normalized spacial score (nSPS) is 19.2. The van der Waals surface area contributed by atoms with E-state index < -0.39 is 0 Å². The Hall–Kier alpha value is -1.30. The van der Waals surface area contributed by atoms with Gasteiger partial charge in [0.25, 0.3) is 0 Å². The molecule has 0 bridgehead atoms. The minimum atomic E-state index is 0.833. The van der Waals surface area contributed by atoms with Gasteiger partial charge in [0.15, 0.2) is 0 Å². The van der Waals surface area contributed by atoms with E-state index in [2.05, 4.69) is 30.9 Å². The molecule has 0 aromatic heterocycles. The lowest BCUT2D eigenvalue weighted by Gasteiger charge is -1.97. The van der Waals surface area contributed by atoms with Crippen molar-refractivity contribution in [1.82, 2.24) is 0 Å². The van der Waals surface area contributed by atoms with E-state index in [0.29, 0.717) is 0 Å². The first-order chi connectivity index (χ1) is 7.43. The second-order valence-corrected chi connectivity index (χ2v) is 3.82. The highest BCUT2D eigenvalue weighted by atomic mass is 14.2. The van der Waals surface area contributed by atoms with Crippen LogP contribution >= 0.6 is 0 Å². The molecule has 1 rings (SSSR count). The van der Waals surface area contributed by atoms with Gasteiger partial charge in [-0.15, -0.1) is 0 Å². The summed E-state index contributed by atoms with van der Waals surface area (Å²) in [5.74, 6) is 0.833. The molecule has 0 aliphatic heterocycles. The highest BCUT2D eigenvalue weighted by molar-refractivity contribution is 5.17. The first-order valence-electron chi connectivity index (χ1n) is 5.72. The molecule has 1 aliphatic rings. The average Bonchev–Trinajstić information content (AvgIpc) is 2.75. The van der Waals surface area contributed by atoms with Crippen LogP contribution in [0.5, 0.6) is 0 Å². The molecule has 1 aliphatic carbocycles. The van der Waals surface area contributed by atoms with E-state index in [1.165, 1.54) is 25.7 Å². The van der Waals surface area contributed by atoms with E-state index in [-0.39, 0.29) is 0 Å². The van der Waals surface area contributed by atoms with Crippen LogP contribution in [0.15, 0.2) is 61.3 Å². The maximum absolute atomic E-state index is 3.60. The van der Waals surface area contributed by atoms with Crippen molar-refractivity contribution in [3.05, 3.63) is 61.3 Å². The number of hydrogen-bond donors (Lipinski definition) is 0. The molecule has 0 heteroatoms. The van der Waals surface area contributed by atoms with E-state index >= 15 is 0 Å². The summed E-state index contributed by atoms with van der Waals surface area (Å²) in [5, 5.41) is 0. The SMILES string of the molecule is C=C\C=C/C=C\C=C/C=C\C1CCCC1. The van der Waals surface area contributed by atoms with E-state index in [1.54, 1.807) is 6.08 Å². The van der Waals surface area contributed by atoms with Crippen LogP contribution in [-0.4, -0.2) is 0 Å². The largest absolute Gasteiger partial charge is 0.0991 e. The summed E-state index contributed by atoms with van der Waals surface area (Å²) in [5.41, 5.74) is 0. The molecule has 1 fully saturated rings. The molecule has 0 unspecified atom stereocenters. The summed E-state index contributed by atoms with van der Waals surface area (Å²) in [6.07, 6.45) is 23.9. The van der Waals surface area contributed by atoms with Crippen molar-refractivity contribution < 1.29 is 0 Å². The predicted octanol–water partition coefficient (Wildman–Crippen LogP) is 4.59. The molecule has 0 spiro atoms. The van der Waals surface area contributed by atoms with Gasteiger partial charge in [0.05, 0.1) is 0 Å². The van der Waals surface area contributed by atoms with Gasteiger partial charge in [-0.25, -0.2) is 0 Å². The fourth-order valence-corrected chi connectivity index (χ4v) is 1.77. The molecule has 0 aromatic carbocycles. The van der Waals surface area contributed by atoms with E-state index in [0.717, 1.165) is 5.92 Å². The lowest BCUT2D eigenvalue weighted by molar-refractivity contribution is 0.686. The van der Waals surface area contributed by atoms with Crippen LogP contribution in [0.4, 0.5) is 0 Å². The van der Waals surface area contributed by atoms with E-state index in [1.807, 2.05) is 24.3 Å². The zero-order valence-electron chi connectivity index (χ0n) is 9.31. The fourth-order valence-electron chi connectivity index (χ4n) is 1.77. The molecule has 80 valence electrons. The lowest BCUT2D eigenvalue weighted by Crippen LogP contribution is -1.83. The zero-order valence-corrected chi connectivity index (χ0v) is 9.31. The summed E-state index contributed by atoms with van der Waals surface area (Å²) < 4.78 is 0. The topological polar surface area (TPSA) is 0 Å². The third-order valence-corrected chi connectivity index (χ3v) is 2.59. The van der Waals surface area contributed by atoms with Gasteiger partial charge in [-0.2, -0.15) is 0 Å². The van der Waals surface area contributed by atoms with Gasteiger partial charge in [-0.1, -0.05) is 74.1 Å². The zero-order chi connectivity index (χ0) is 10.8. The third kappa shape index (κ3) is 5.90. The van der Waals surface area contributed by atoms with Crippen LogP contribution in [0.25, 0.3) is 0 Å². The Bertz CT molecular complexity index is 270. The van der Waals surface area contributed by atoms with Gasteiger partial charge < -0.3 is 0 Å². The van der Waals surface area contributed by atoms with Crippen LogP contribution in [0.1, 0.15) is 25.7 Å². The molecule has 0 saturated heterocycles. The molecular formula is C15H20. The summed E-state index contributed by atoms with van der Waals surface area (Å²) in [4.78, 5) is 0. The lowest BCUT2D eigenvalue weighted by atomic mass is 10.1. The van der Waals surface area contributed by atoms with Crippen molar-refractivity contribution in [3.8, 4) is 0 Å². The van der Waals surface area contributed by atoms with E-state index in [4.69, 9.17) is 0 Å². The monoisotopic (exact) mass is 200 g/mol. The van der Waals surface area contributed by atoms with Crippen molar-refractivity contribution in [2.75, 3.05) is 0 Å². The molecule has 15 heavy (non-hydrogen) atoms. The van der Waals surface area contributed by atoms with Crippen molar-refractivity contribution >= 4 is 0 Å². The molecule has 0 N–H and O–H groups in total. The van der Waals surface area contributed by atoms with Crippen molar-refractivity contribution in [2.24, 2.45) is 5.92 Å². The summed E-state index contributed by atoms with van der Waals surface area (Å²) in [6.45, 7) is 3.60. The Morgan fingerprint density at radius 2 is 1.27 bits per heavy atom. The van der Waals surface area contributed by atoms with Crippen LogP contribution < -0.4 is 0 Å². The Kier molecular flexibility index (Phi) is 6.31. The molecule has 1 saturated carbocycles. The Morgan fingerprint density at radius 3 is 1.87 bits per heavy atom. The minimum Gasteiger partial charge on any atom is -0.0991 e. The molecule has 0 amide bonds. The van der Waals surface area contributed by atoms with Crippen molar-refractivity contribution in [1.29, 1.82) is 0 Å². The van der Waals surface area contributed by atoms with Gasteiger partial charge in [0, 0.05) is 0 Å². The number of hydrogen-bond acceptors (Lipinski definition) is 0. The molecule has 0 aromatic rings. The van der Waals surface area contributed by atoms with Crippen LogP contribution in [-0.2, 0) is 0 Å². The second kappa shape index (κ2) is 8.05. The first kappa shape index (κ1) is 11.8. The van der Waals surface area contributed by atoms with Gasteiger partial charge in [0.2, 0.25) is 0 Å². The van der Waals surface area contributed by atoms with Crippen LogP contribution in [0.2, 0.25) is 0 Å². The first-order valence-corrected chi connectivity index (χ1v) is 5.72. The number of allylic oxidation sites excluding steroid dienone is 9. The fraction of sp³-hybridized carbons (Fsp3) is 0.333. The van der Waals surface area contributed by atoms with Gasteiger partial charge >= 0.3 is 0 Å². The quantitative estimate of drug-likeness (QED) is 0.569. The van der Waals surface area contributed by atoms with Gasteiger partial charge in [0.1, 0.15) is 0 Å². The molecule has 0 heterocycles. The van der Waals surface area contributed by atoms with Crippen LogP contribution in [0.3, 0.4) is 0 Å². The minimum absolute atomic E-state index is 0.833. The maximum Gasteiger partial charge on any atom is -0.0230 e. The third-order valence-electron chi connectivity index (χ3n) is 2.59. The molecule has 0 atom stereocenters. The van der Waals surface area contributed by atoms with Crippen molar-refractivity contribution in [3.63, 3.8) is 0 Å². The number of rotatable bonds is 5. The maximum atomic E-state index is 3.60. The Morgan fingerprint density at radius 1 is 0.733 bits per heavy atom. The average molecular weight is 200 g/mol. The molecule has 0 nitrogen and oxygen atoms in total. The summed E-state index contributed by atoms with van der Waals surface area (Å²) in [6, 6.07) is 0. The predicted molar refractivity (Wildman–Crippen MR) is 68.7 cm³/mol. The van der Waals surface area contributed by atoms with Crippen LogP contribution in [0, 0.1) is 5.92 Å². The van der Waals surface area contributed by atoms with E-state index in [9.17, 15) is 0 Å². The summed E-state index contributed by atoms with van der Waals surface area (Å²) in [7, 11) is 0. The van der Waals surface area contributed by atoms with Gasteiger partial charge in [-0.05, 0) is 18.8 Å². The highest BCUT2D eigenvalue weighted by Crippen LogP contribution is 2.25. The Labute approximate surface area is 93.4 Å². The highest BCUT2D eigenvalue weighted by Gasteiger charge is 2.10. The van der Waals surface area contributed by atoms with Gasteiger partial charge in [-0.3, -0.25) is 0 Å². The Balaban J connectivity index is 2.17. The summed E-state index contributed by atoms with van der Waals surface area (Å²) >= 11 is 0. The molecular weight excluding hydrogens is 180 g/mol. The molecule has 0 radical (unpaired) electrons. The smallest absolute Gasteiger partial charge is 0.0230 e.